The number of benzene rings is 1. The van der Waals surface area contributed by atoms with E-state index in [0.29, 0.717) is 17.5 Å². The minimum Gasteiger partial charge on any atom is -0.310 e. The highest BCUT2D eigenvalue weighted by Crippen LogP contribution is 2.17. The van der Waals surface area contributed by atoms with Gasteiger partial charge in [0.15, 0.2) is 9.84 Å². The molecule has 1 aromatic carbocycles. The third-order valence-electron chi connectivity index (χ3n) is 4.24. The van der Waals surface area contributed by atoms with Gasteiger partial charge in [0, 0.05) is 23.9 Å². The Balaban J connectivity index is 1.74. The first-order valence-electron chi connectivity index (χ1n) is 9.13. The van der Waals surface area contributed by atoms with Crippen molar-refractivity contribution in [1.82, 2.24) is 19.7 Å². The number of aryl methyl sites for hydroxylation is 4. The van der Waals surface area contributed by atoms with E-state index in [0.717, 1.165) is 17.0 Å². The number of hydrogen-bond acceptors (Lipinski definition) is 6. The molecule has 1 amide bonds. The second kappa shape index (κ2) is 8.12. The van der Waals surface area contributed by atoms with Gasteiger partial charge < -0.3 is 5.32 Å². The number of rotatable bonds is 6. The molecule has 2 aromatic heterocycles. The molecule has 29 heavy (non-hydrogen) atoms. The number of anilines is 1. The molecule has 0 aliphatic carbocycles. The molecule has 8 nitrogen and oxygen atoms in total. The van der Waals surface area contributed by atoms with Gasteiger partial charge in [-0.2, -0.15) is 9.78 Å². The Bertz CT molecular complexity index is 1130. The molecule has 1 N–H and O–H groups in total. The Labute approximate surface area is 169 Å². The lowest BCUT2D eigenvalue weighted by Crippen LogP contribution is -2.19. The number of nitrogens with zero attached hydrogens (tertiary/aromatic N) is 4. The molecular formula is C20H23N5O3S. The fourth-order valence-electron chi connectivity index (χ4n) is 2.84. The molecule has 0 spiro atoms. The van der Waals surface area contributed by atoms with Crippen molar-refractivity contribution in [2.75, 3.05) is 11.1 Å². The van der Waals surface area contributed by atoms with Gasteiger partial charge in [-0.15, -0.1) is 0 Å². The van der Waals surface area contributed by atoms with E-state index < -0.39 is 15.7 Å². The summed E-state index contributed by atoms with van der Waals surface area (Å²) in [4.78, 5) is 21.3. The summed E-state index contributed by atoms with van der Waals surface area (Å²) in [5.74, 6) is 0.0318. The summed E-state index contributed by atoms with van der Waals surface area (Å²) < 4.78 is 26.3. The molecule has 3 aromatic rings. The maximum Gasteiger partial charge on any atom is 0.252 e. The first kappa shape index (κ1) is 20.7. The highest BCUT2D eigenvalue weighted by molar-refractivity contribution is 7.91. The zero-order chi connectivity index (χ0) is 21.2. The lowest BCUT2D eigenvalue weighted by molar-refractivity contribution is -0.115. The third kappa shape index (κ3) is 5.05. The van der Waals surface area contributed by atoms with Crippen LogP contribution >= 0.6 is 0 Å². The van der Waals surface area contributed by atoms with Crippen LogP contribution in [0.15, 0.2) is 41.3 Å². The van der Waals surface area contributed by atoms with E-state index in [1.165, 1.54) is 4.68 Å². The van der Waals surface area contributed by atoms with Crippen LogP contribution in [0, 0.1) is 27.7 Å². The number of carbonyl (C=O) groups excluding carboxylic acids is 1. The van der Waals surface area contributed by atoms with E-state index in [1.807, 2.05) is 26.8 Å². The molecule has 0 atom stereocenters. The zero-order valence-electron chi connectivity index (χ0n) is 16.8. The first-order valence-corrected chi connectivity index (χ1v) is 10.8. The summed E-state index contributed by atoms with van der Waals surface area (Å²) in [6.45, 7) is 7.37. The van der Waals surface area contributed by atoms with Crippen LogP contribution in [0.1, 0.15) is 29.1 Å². The predicted octanol–water partition coefficient (Wildman–Crippen LogP) is 2.70. The fourth-order valence-corrected chi connectivity index (χ4v) is 4.08. The lowest BCUT2D eigenvalue weighted by atomic mass is 10.2. The maximum absolute atomic E-state index is 12.5. The minimum absolute atomic E-state index is 0.172. The molecule has 0 aliphatic rings. The van der Waals surface area contributed by atoms with Crippen LogP contribution in [0.4, 0.5) is 5.82 Å². The summed E-state index contributed by atoms with van der Waals surface area (Å²) in [5, 5.41) is 7.06. The zero-order valence-corrected chi connectivity index (χ0v) is 17.6. The van der Waals surface area contributed by atoms with Crippen molar-refractivity contribution < 1.29 is 13.2 Å². The summed E-state index contributed by atoms with van der Waals surface area (Å²) in [6, 6.07) is 10.1. The summed E-state index contributed by atoms with van der Waals surface area (Å²) in [6.07, 6.45) is -0.172. The minimum atomic E-state index is -3.54. The van der Waals surface area contributed by atoms with Crippen molar-refractivity contribution in [3.63, 3.8) is 0 Å². The van der Waals surface area contributed by atoms with Gasteiger partial charge in [-0.3, -0.25) is 4.79 Å². The number of carbonyl (C=O) groups is 1. The Hall–Kier alpha value is -3.07. The van der Waals surface area contributed by atoms with Crippen molar-refractivity contribution >= 4 is 21.6 Å². The second-order valence-electron chi connectivity index (χ2n) is 6.96. The predicted molar refractivity (Wildman–Crippen MR) is 110 cm³/mol. The third-order valence-corrected chi connectivity index (χ3v) is 5.97. The van der Waals surface area contributed by atoms with Gasteiger partial charge in [0.05, 0.1) is 16.3 Å². The summed E-state index contributed by atoms with van der Waals surface area (Å²) in [5.41, 5.74) is 3.21. The Morgan fingerprint density at radius 1 is 0.966 bits per heavy atom. The number of nitrogens with one attached hydrogen (secondary N) is 1. The summed E-state index contributed by atoms with van der Waals surface area (Å²) in [7, 11) is -3.54. The van der Waals surface area contributed by atoms with Crippen molar-refractivity contribution in [3.8, 4) is 5.95 Å². The molecular weight excluding hydrogens is 390 g/mol. The van der Waals surface area contributed by atoms with Crippen LogP contribution in [0.2, 0.25) is 0 Å². The quantitative estimate of drug-likeness (QED) is 0.666. The van der Waals surface area contributed by atoms with E-state index in [1.54, 1.807) is 37.3 Å². The molecule has 0 saturated heterocycles. The Morgan fingerprint density at radius 2 is 1.59 bits per heavy atom. The molecule has 2 heterocycles. The van der Waals surface area contributed by atoms with Crippen molar-refractivity contribution in [2.24, 2.45) is 0 Å². The molecule has 9 heteroatoms. The monoisotopic (exact) mass is 413 g/mol. The van der Waals surface area contributed by atoms with Crippen LogP contribution in [0.5, 0.6) is 0 Å². The number of sulfone groups is 1. The standard InChI is InChI=1S/C20H23N5O3S/c1-13-5-7-17(8-6-13)29(27,28)10-9-19(26)23-18-12-16(4)24-25(18)20-21-14(2)11-15(3)22-20/h5-8,11-12H,9-10H2,1-4H3,(H,23,26). The van der Waals surface area contributed by atoms with Gasteiger partial charge in [0.2, 0.25) is 5.91 Å². The maximum atomic E-state index is 12.5. The Morgan fingerprint density at radius 3 is 2.21 bits per heavy atom. The van der Waals surface area contributed by atoms with Gasteiger partial charge in [-0.05, 0) is 45.9 Å². The van der Waals surface area contributed by atoms with E-state index in [2.05, 4.69) is 20.4 Å². The second-order valence-corrected chi connectivity index (χ2v) is 9.07. The van der Waals surface area contributed by atoms with Crippen LogP contribution < -0.4 is 5.32 Å². The highest BCUT2D eigenvalue weighted by Gasteiger charge is 2.18. The molecule has 0 aliphatic heterocycles. The van der Waals surface area contributed by atoms with Crippen molar-refractivity contribution in [3.05, 3.63) is 59.0 Å². The smallest absolute Gasteiger partial charge is 0.252 e. The van der Waals surface area contributed by atoms with Gasteiger partial charge >= 0.3 is 0 Å². The van der Waals surface area contributed by atoms with E-state index in [9.17, 15) is 13.2 Å². The summed E-state index contributed by atoms with van der Waals surface area (Å²) >= 11 is 0. The Kier molecular flexibility index (Phi) is 5.78. The number of aromatic nitrogens is 4. The van der Waals surface area contributed by atoms with E-state index in [4.69, 9.17) is 0 Å². The molecule has 0 bridgehead atoms. The highest BCUT2D eigenvalue weighted by atomic mass is 32.2. The van der Waals surface area contributed by atoms with Crippen LogP contribution in [-0.2, 0) is 14.6 Å². The lowest BCUT2D eigenvalue weighted by Gasteiger charge is -2.09. The SMILES string of the molecule is Cc1ccc(S(=O)(=O)CCC(=O)Nc2cc(C)nn2-c2nc(C)cc(C)n2)cc1. The van der Waals surface area contributed by atoms with Crippen molar-refractivity contribution in [2.45, 2.75) is 39.0 Å². The number of hydrogen-bond donors (Lipinski definition) is 1. The van der Waals surface area contributed by atoms with E-state index in [-0.39, 0.29) is 17.1 Å². The fraction of sp³-hybridized carbons (Fsp3) is 0.300. The van der Waals surface area contributed by atoms with E-state index >= 15 is 0 Å². The van der Waals surface area contributed by atoms with Crippen LogP contribution in [-0.4, -0.2) is 39.8 Å². The average Bonchev–Trinajstić information content (AvgIpc) is 3.00. The van der Waals surface area contributed by atoms with Crippen LogP contribution in [0.3, 0.4) is 0 Å². The molecule has 0 saturated carbocycles. The average molecular weight is 414 g/mol. The molecule has 0 radical (unpaired) electrons. The first-order chi connectivity index (χ1) is 13.6. The number of amides is 1. The van der Waals surface area contributed by atoms with Gasteiger partial charge in [0.1, 0.15) is 5.82 Å². The molecule has 0 unspecified atom stereocenters. The van der Waals surface area contributed by atoms with Crippen molar-refractivity contribution in [1.29, 1.82) is 0 Å². The molecule has 3 rings (SSSR count). The normalized spacial score (nSPS) is 11.4. The molecule has 152 valence electrons. The van der Waals surface area contributed by atoms with Gasteiger partial charge in [0.25, 0.3) is 5.95 Å². The van der Waals surface area contributed by atoms with Gasteiger partial charge in [-0.25, -0.2) is 18.4 Å². The topological polar surface area (TPSA) is 107 Å². The van der Waals surface area contributed by atoms with Gasteiger partial charge in [-0.1, -0.05) is 17.7 Å². The van der Waals surface area contributed by atoms with Crippen LogP contribution in [0.25, 0.3) is 5.95 Å². The molecule has 0 fully saturated rings. The largest absolute Gasteiger partial charge is 0.310 e.